The Hall–Kier alpha value is -0.870. The summed E-state index contributed by atoms with van der Waals surface area (Å²) in [4.78, 5) is 14.9. The van der Waals surface area contributed by atoms with Crippen molar-refractivity contribution in [3.63, 3.8) is 0 Å². The van der Waals surface area contributed by atoms with E-state index in [-0.39, 0.29) is 11.9 Å². The van der Waals surface area contributed by atoms with Gasteiger partial charge in [0.25, 0.3) is 0 Å². The molecule has 0 bridgehead atoms. The van der Waals surface area contributed by atoms with E-state index in [0.29, 0.717) is 12.5 Å². The highest BCUT2D eigenvalue weighted by atomic mass is 79.9. The van der Waals surface area contributed by atoms with Crippen LogP contribution in [0.25, 0.3) is 0 Å². The number of amides is 1. The number of rotatable bonds is 3. The van der Waals surface area contributed by atoms with Gasteiger partial charge in [-0.15, -0.1) is 0 Å². The van der Waals surface area contributed by atoms with Crippen molar-refractivity contribution in [3.05, 3.63) is 34.3 Å². The predicted molar refractivity (Wildman–Crippen MR) is 85.5 cm³/mol. The molecule has 110 valence electrons. The first kappa shape index (κ1) is 15.5. The SMILES string of the molecule is CC1CC(CN)CN1C(=O)C(C)(C)c1ccc(Br)cc1. The summed E-state index contributed by atoms with van der Waals surface area (Å²) in [6.07, 6.45) is 1.01. The average molecular weight is 339 g/mol. The van der Waals surface area contributed by atoms with Crippen molar-refractivity contribution in [2.24, 2.45) is 11.7 Å². The molecule has 2 N–H and O–H groups in total. The molecule has 20 heavy (non-hydrogen) atoms. The molecule has 2 rings (SSSR count). The summed E-state index contributed by atoms with van der Waals surface area (Å²) in [6.45, 7) is 7.57. The largest absolute Gasteiger partial charge is 0.339 e. The Morgan fingerprint density at radius 2 is 2.00 bits per heavy atom. The number of halogens is 1. The van der Waals surface area contributed by atoms with Crippen LogP contribution in [0.4, 0.5) is 0 Å². The number of carbonyl (C=O) groups is 1. The molecule has 3 nitrogen and oxygen atoms in total. The molecule has 1 fully saturated rings. The van der Waals surface area contributed by atoms with E-state index in [0.717, 1.165) is 23.0 Å². The molecule has 1 aromatic rings. The van der Waals surface area contributed by atoms with E-state index in [4.69, 9.17) is 5.73 Å². The quantitative estimate of drug-likeness (QED) is 0.920. The highest BCUT2D eigenvalue weighted by Crippen LogP contribution is 2.31. The van der Waals surface area contributed by atoms with Gasteiger partial charge in [0.2, 0.25) is 5.91 Å². The Bertz CT molecular complexity index is 484. The van der Waals surface area contributed by atoms with Gasteiger partial charge in [0, 0.05) is 17.1 Å². The second-order valence-corrected chi connectivity index (χ2v) is 7.19. The summed E-state index contributed by atoms with van der Waals surface area (Å²) < 4.78 is 1.03. The van der Waals surface area contributed by atoms with E-state index in [9.17, 15) is 4.79 Å². The molecule has 1 aliphatic rings. The molecule has 0 spiro atoms. The number of benzene rings is 1. The lowest BCUT2D eigenvalue weighted by Crippen LogP contribution is -2.45. The lowest BCUT2D eigenvalue weighted by Gasteiger charge is -2.32. The number of hydrogen-bond donors (Lipinski definition) is 1. The molecule has 4 heteroatoms. The van der Waals surface area contributed by atoms with Gasteiger partial charge in [-0.1, -0.05) is 28.1 Å². The molecule has 1 heterocycles. The van der Waals surface area contributed by atoms with Gasteiger partial charge in [-0.25, -0.2) is 0 Å². The molecule has 0 radical (unpaired) electrons. The smallest absolute Gasteiger partial charge is 0.232 e. The van der Waals surface area contributed by atoms with E-state index < -0.39 is 5.41 Å². The van der Waals surface area contributed by atoms with E-state index in [1.54, 1.807) is 0 Å². The summed E-state index contributed by atoms with van der Waals surface area (Å²) in [5.74, 6) is 0.637. The molecule has 1 aliphatic heterocycles. The lowest BCUT2D eigenvalue weighted by atomic mass is 9.83. The van der Waals surface area contributed by atoms with E-state index in [1.165, 1.54) is 0 Å². The van der Waals surface area contributed by atoms with Crippen molar-refractivity contribution in [2.75, 3.05) is 13.1 Å². The van der Waals surface area contributed by atoms with Gasteiger partial charge in [-0.2, -0.15) is 0 Å². The Morgan fingerprint density at radius 1 is 1.40 bits per heavy atom. The Morgan fingerprint density at radius 3 is 2.50 bits per heavy atom. The first-order valence-corrected chi connectivity index (χ1v) is 7.92. The maximum atomic E-state index is 12.9. The molecule has 2 unspecified atom stereocenters. The van der Waals surface area contributed by atoms with Crippen molar-refractivity contribution in [1.82, 2.24) is 4.90 Å². The molecule has 1 amide bonds. The third-order valence-corrected chi connectivity index (χ3v) is 4.88. The predicted octanol–water partition coefficient (Wildman–Crippen LogP) is 2.92. The third-order valence-electron chi connectivity index (χ3n) is 4.36. The van der Waals surface area contributed by atoms with Gasteiger partial charge in [0.15, 0.2) is 0 Å². The number of nitrogens with two attached hydrogens (primary N) is 1. The van der Waals surface area contributed by atoms with Crippen LogP contribution in [-0.2, 0) is 10.2 Å². The summed E-state index contributed by atoms with van der Waals surface area (Å²) in [7, 11) is 0. The fourth-order valence-corrected chi connectivity index (χ4v) is 3.21. The van der Waals surface area contributed by atoms with Crippen LogP contribution in [0.15, 0.2) is 28.7 Å². The Kier molecular flexibility index (Phi) is 4.55. The lowest BCUT2D eigenvalue weighted by molar-refractivity contribution is -0.136. The maximum absolute atomic E-state index is 12.9. The molecular formula is C16H23BrN2O. The molecule has 0 saturated carbocycles. The summed E-state index contributed by atoms with van der Waals surface area (Å²) in [5, 5.41) is 0. The zero-order valence-corrected chi connectivity index (χ0v) is 14.0. The van der Waals surface area contributed by atoms with Gasteiger partial charge in [0.05, 0.1) is 5.41 Å². The average Bonchev–Trinajstić information content (AvgIpc) is 2.79. The standard InChI is InChI=1S/C16H23BrN2O/c1-11-8-12(9-18)10-19(11)15(20)16(2,3)13-4-6-14(17)7-5-13/h4-7,11-12H,8-10,18H2,1-3H3. The van der Waals surface area contributed by atoms with Crippen LogP contribution < -0.4 is 5.73 Å². The van der Waals surface area contributed by atoms with E-state index in [1.807, 2.05) is 43.0 Å². The van der Waals surface area contributed by atoms with Gasteiger partial charge >= 0.3 is 0 Å². The maximum Gasteiger partial charge on any atom is 0.232 e. The topological polar surface area (TPSA) is 46.3 Å². The fraction of sp³-hybridized carbons (Fsp3) is 0.562. The van der Waals surface area contributed by atoms with Crippen LogP contribution in [0.2, 0.25) is 0 Å². The van der Waals surface area contributed by atoms with E-state index in [2.05, 4.69) is 22.9 Å². The minimum atomic E-state index is -0.502. The second-order valence-electron chi connectivity index (χ2n) is 6.28. The van der Waals surface area contributed by atoms with E-state index >= 15 is 0 Å². The van der Waals surface area contributed by atoms with Crippen LogP contribution in [0.1, 0.15) is 32.8 Å². The Balaban J connectivity index is 2.21. The van der Waals surface area contributed by atoms with Crippen LogP contribution in [0.3, 0.4) is 0 Å². The van der Waals surface area contributed by atoms with Crippen molar-refractivity contribution in [2.45, 2.75) is 38.6 Å². The van der Waals surface area contributed by atoms with Crippen LogP contribution >= 0.6 is 15.9 Å². The third kappa shape index (κ3) is 2.91. The number of hydrogen-bond acceptors (Lipinski definition) is 2. The monoisotopic (exact) mass is 338 g/mol. The molecule has 0 aliphatic carbocycles. The zero-order valence-electron chi connectivity index (χ0n) is 12.4. The molecule has 0 aromatic heterocycles. The minimum Gasteiger partial charge on any atom is -0.339 e. The number of nitrogens with zero attached hydrogens (tertiary/aromatic N) is 1. The van der Waals surface area contributed by atoms with Gasteiger partial charge in [0.1, 0.15) is 0 Å². The van der Waals surface area contributed by atoms with Gasteiger partial charge in [-0.05, 0) is 57.4 Å². The summed E-state index contributed by atoms with van der Waals surface area (Å²) >= 11 is 3.43. The van der Waals surface area contributed by atoms with Crippen LogP contribution in [0.5, 0.6) is 0 Å². The summed E-state index contributed by atoms with van der Waals surface area (Å²) in [5.41, 5.74) is 6.30. The highest BCUT2D eigenvalue weighted by molar-refractivity contribution is 9.10. The van der Waals surface area contributed by atoms with Gasteiger partial charge in [-0.3, -0.25) is 4.79 Å². The first-order chi connectivity index (χ1) is 9.36. The molecule has 1 saturated heterocycles. The minimum absolute atomic E-state index is 0.197. The normalized spacial score (nSPS) is 23.1. The number of carbonyl (C=O) groups excluding carboxylic acids is 1. The van der Waals surface area contributed by atoms with Crippen molar-refractivity contribution >= 4 is 21.8 Å². The number of likely N-dealkylation sites (tertiary alicyclic amines) is 1. The summed E-state index contributed by atoms with van der Waals surface area (Å²) in [6, 6.07) is 8.29. The fourth-order valence-electron chi connectivity index (χ4n) is 2.95. The van der Waals surface area contributed by atoms with Gasteiger partial charge < -0.3 is 10.6 Å². The highest BCUT2D eigenvalue weighted by Gasteiger charge is 2.39. The van der Waals surface area contributed by atoms with Crippen molar-refractivity contribution in [3.8, 4) is 0 Å². The molecule has 1 aromatic carbocycles. The van der Waals surface area contributed by atoms with Crippen molar-refractivity contribution < 1.29 is 4.79 Å². The van der Waals surface area contributed by atoms with Crippen molar-refractivity contribution in [1.29, 1.82) is 0 Å². The zero-order chi connectivity index (χ0) is 14.9. The first-order valence-electron chi connectivity index (χ1n) is 7.13. The van der Waals surface area contributed by atoms with Crippen LogP contribution in [0, 0.1) is 5.92 Å². The molecular weight excluding hydrogens is 316 g/mol. The van der Waals surface area contributed by atoms with Crippen LogP contribution in [-0.4, -0.2) is 29.9 Å². The second kappa shape index (κ2) is 5.86. The molecule has 2 atom stereocenters. The Labute approximate surface area is 129 Å².